The lowest BCUT2D eigenvalue weighted by atomic mass is 10.0. The molecule has 1 rings (SSSR count). The zero-order chi connectivity index (χ0) is 14.3. The van der Waals surface area contributed by atoms with Gasteiger partial charge in [-0.3, -0.25) is 4.84 Å². The first-order valence-corrected chi connectivity index (χ1v) is 6.89. The summed E-state index contributed by atoms with van der Waals surface area (Å²) in [6, 6.07) is 8.32. The van der Waals surface area contributed by atoms with Gasteiger partial charge in [0.2, 0.25) is 0 Å². The van der Waals surface area contributed by atoms with Gasteiger partial charge in [-0.15, -0.1) is 4.65 Å². The SMILES string of the molecule is C=CC(=O)O[N+](CC)(CC)Cc1ccccc1CC.[I-]. The number of rotatable bonds is 7. The summed E-state index contributed by atoms with van der Waals surface area (Å²) in [6.07, 6.45) is 2.21. The second-order valence-electron chi connectivity index (χ2n) is 4.59. The Morgan fingerprint density at radius 3 is 2.20 bits per heavy atom. The number of carbonyl (C=O) groups excluding carboxylic acids is 1. The maximum absolute atomic E-state index is 11.5. The number of hydroxylamine groups is 3. The van der Waals surface area contributed by atoms with E-state index in [1.165, 1.54) is 17.2 Å². The summed E-state index contributed by atoms with van der Waals surface area (Å²) in [5, 5.41) is 0. The summed E-state index contributed by atoms with van der Waals surface area (Å²) >= 11 is 0. The zero-order valence-electron chi connectivity index (χ0n) is 12.6. The van der Waals surface area contributed by atoms with Gasteiger partial charge in [-0.2, -0.15) is 0 Å². The van der Waals surface area contributed by atoms with Crippen molar-refractivity contribution in [3.8, 4) is 0 Å². The molecule has 0 aromatic heterocycles. The Morgan fingerprint density at radius 2 is 1.75 bits per heavy atom. The predicted molar refractivity (Wildman–Crippen MR) is 77.2 cm³/mol. The third-order valence-corrected chi connectivity index (χ3v) is 3.56. The van der Waals surface area contributed by atoms with Crippen molar-refractivity contribution >= 4 is 5.97 Å². The Labute approximate surface area is 139 Å². The van der Waals surface area contributed by atoms with E-state index in [1.54, 1.807) is 0 Å². The Kier molecular flexibility index (Phi) is 8.73. The average Bonchev–Trinajstić information content (AvgIpc) is 2.46. The van der Waals surface area contributed by atoms with E-state index in [4.69, 9.17) is 4.84 Å². The third-order valence-electron chi connectivity index (χ3n) is 3.56. The number of carbonyl (C=O) groups is 1. The van der Waals surface area contributed by atoms with Crippen molar-refractivity contribution in [2.24, 2.45) is 0 Å². The van der Waals surface area contributed by atoms with Crippen LogP contribution in [0.15, 0.2) is 36.9 Å². The molecule has 3 nitrogen and oxygen atoms in total. The highest BCUT2D eigenvalue weighted by Crippen LogP contribution is 2.19. The van der Waals surface area contributed by atoms with Crippen LogP contribution in [-0.4, -0.2) is 23.7 Å². The molecule has 0 heterocycles. The maximum atomic E-state index is 11.5. The number of hydrogen-bond acceptors (Lipinski definition) is 2. The molecule has 0 radical (unpaired) electrons. The normalized spacial score (nSPS) is 10.6. The van der Waals surface area contributed by atoms with E-state index >= 15 is 0 Å². The maximum Gasteiger partial charge on any atom is 0.389 e. The van der Waals surface area contributed by atoms with Gasteiger partial charge in [0.15, 0.2) is 0 Å². The van der Waals surface area contributed by atoms with Crippen molar-refractivity contribution in [2.75, 3.05) is 13.1 Å². The minimum Gasteiger partial charge on any atom is -1.00 e. The molecule has 0 unspecified atom stereocenters. The van der Waals surface area contributed by atoms with Gasteiger partial charge >= 0.3 is 5.97 Å². The van der Waals surface area contributed by atoms with Crippen LogP contribution < -0.4 is 24.0 Å². The fourth-order valence-electron chi connectivity index (χ4n) is 2.20. The molecule has 0 fully saturated rings. The van der Waals surface area contributed by atoms with Crippen molar-refractivity contribution in [3.05, 3.63) is 48.0 Å². The first kappa shape index (κ1) is 19.1. The van der Waals surface area contributed by atoms with Crippen LogP contribution in [0.4, 0.5) is 0 Å². The lowest BCUT2D eigenvalue weighted by molar-refractivity contribution is -1.10. The minimum atomic E-state index is -0.363. The molecule has 112 valence electrons. The smallest absolute Gasteiger partial charge is 0.389 e. The van der Waals surface area contributed by atoms with Gasteiger partial charge in [-0.25, -0.2) is 4.79 Å². The Bertz CT molecular complexity index is 442. The topological polar surface area (TPSA) is 26.3 Å². The summed E-state index contributed by atoms with van der Waals surface area (Å²) < 4.78 is 0.307. The van der Waals surface area contributed by atoms with Gasteiger partial charge in [-0.1, -0.05) is 37.8 Å². The van der Waals surface area contributed by atoms with Crippen LogP contribution >= 0.6 is 0 Å². The highest BCUT2D eigenvalue weighted by molar-refractivity contribution is 5.80. The average molecular weight is 389 g/mol. The van der Waals surface area contributed by atoms with E-state index in [2.05, 4.69) is 25.6 Å². The Hall–Kier alpha value is -0.880. The van der Waals surface area contributed by atoms with Gasteiger partial charge in [0.1, 0.15) is 19.6 Å². The molecule has 0 bridgehead atoms. The van der Waals surface area contributed by atoms with Gasteiger partial charge in [0.25, 0.3) is 0 Å². The van der Waals surface area contributed by atoms with Gasteiger partial charge in [-0.05, 0) is 25.8 Å². The lowest BCUT2D eigenvalue weighted by Crippen LogP contribution is -3.00. The Balaban J connectivity index is 0.00000361. The molecule has 0 aliphatic heterocycles. The van der Waals surface area contributed by atoms with Crippen molar-refractivity contribution in [1.82, 2.24) is 0 Å². The molecule has 0 atom stereocenters. The number of nitrogens with zero attached hydrogens (tertiary/aromatic N) is 1. The third kappa shape index (κ3) is 4.90. The van der Waals surface area contributed by atoms with E-state index in [9.17, 15) is 4.79 Å². The second-order valence-corrected chi connectivity index (χ2v) is 4.59. The number of hydrogen-bond donors (Lipinski definition) is 0. The molecule has 0 aliphatic carbocycles. The van der Waals surface area contributed by atoms with E-state index in [0.29, 0.717) is 11.2 Å². The molecule has 0 amide bonds. The summed E-state index contributed by atoms with van der Waals surface area (Å²) in [5.41, 5.74) is 2.55. The highest BCUT2D eigenvalue weighted by atomic mass is 127. The molecule has 0 spiro atoms. The quantitative estimate of drug-likeness (QED) is 0.289. The predicted octanol–water partition coefficient (Wildman–Crippen LogP) is 0.254. The molecular weight excluding hydrogens is 365 g/mol. The summed E-state index contributed by atoms with van der Waals surface area (Å²) in [5.74, 6) is -0.363. The van der Waals surface area contributed by atoms with E-state index < -0.39 is 0 Å². The van der Waals surface area contributed by atoms with Crippen LogP contribution in [0.3, 0.4) is 0 Å². The molecule has 0 N–H and O–H groups in total. The van der Waals surface area contributed by atoms with Crippen LogP contribution in [0.2, 0.25) is 0 Å². The van der Waals surface area contributed by atoms with E-state index in [-0.39, 0.29) is 29.9 Å². The van der Waals surface area contributed by atoms with Crippen LogP contribution in [0, 0.1) is 0 Å². The number of quaternary nitrogens is 1. The standard InChI is InChI=1S/C16H24NO2.HI/c1-5-14-11-9-10-12-15(14)13-17(7-3,8-4)19-16(18)6-2;/h6,9-12H,2,5,7-8,13H2,1,3-4H3;1H/q+1;/p-1. The molecule has 1 aromatic carbocycles. The number of aryl methyl sites for hydroxylation is 1. The Morgan fingerprint density at radius 1 is 1.20 bits per heavy atom. The minimum absolute atomic E-state index is 0. The summed E-state index contributed by atoms with van der Waals surface area (Å²) in [7, 11) is 0. The summed E-state index contributed by atoms with van der Waals surface area (Å²) in [6.45, 7) is 11.9. The first-order chi connectivity index (χ1) is 9.10. The second kappa shape index (κ2) is 9.13. The van der Waals surface area contributed by atoms with Gasteiger partial charge in [0.05, 0.1) is 0 Å². The van der Waals surface area contributed by atoms with Crippen molar-refractivity contribution in [2.45, 2.75) is 33.7 Å². The molecule has 4 heteroatoms. The lowest BCUT2D eigenvalue weighted by Gasteiger charge is -2.32. The van der Waals surface area contributed by atoms with Crippen molar-refractivity contribution in [1.29, 1.82) is 0 Å². The number of benzene rings is 1. The van der Waals surface area contributed by atoms with Gasteiger partial charge in [0, 0.05) is 11.6 Å². The molecule has 0 aliphatic rings. The molecule has 0 saturated carbocycles. The largest absolute Gasteiger partial charge is 1.00 e. The van der Waals surface area contributed by atoms with Crippen molar-refractivity contribution < 1.29 is 38.3 Å². The van der Waals surface area contributed by atoms with Crippen LogP contribution in [0.5, 0.6) is 0 Å². The first-order valence-electron chi connectivity index (χ1n) is 6.89. The molecular formula is C16H24INO2. The van der Waals surface area contributed by atoms with Crippen LogP contribution in [0.25, 0.3) is 0 Å². The fraction of sp³-hybridized carbons (Fsp3) is 0.438. The molecule has 1 aromatic rings. The monoisotopic (exact) mass is 389 g/mol. The van der Waals surface area contributed by atoms with E-state index in [1.807, 2.05) is 26.0 Å². The molecule has 20 heavy (non-hydrogen) atoms. The van der Waals surface area contributed by atoms with Crippen LogP contribution in [0.1, 0.15) is 31.9 Å². The van der Waals surface area contributed by atoms with Crippen LogP contribution in [-0.2, 0) is 22.6 Å². The van der Waals surface area contributed by atoms with Crippen molar-refractivity contribution in [3.63, 3.8) is 0 Å². The fourth-order valence-corrected chi connectivity index (χ4v) is 2.20. The highest BCUT2D eigenvalue weighted by Gasteiger charge is 2.29. The number of halogens is 1. The summed E-state index contributed by atoms with van der Waals surface area (Å²) in [4.78, 5) is 17.1. The van der Waals surface area contributed by atoms with E-state index in [0.717, 1.165) is 19.5 Å². The van der Waals surface area contributed by atoms with Gasteiger partial charge < -0.3 is 24.0 Å². The molecule has 0 saturated heterocycles. The zero-order valence-corrected chi connectivity index (χ0v) is 14.7.